The monoisotopic (exact) mass is 359 g/mol. The maximum Gasteiger partial charge on any atom is 0.258 e. The van der Waals surface area contributed by atoms with E-state index >= 15 is 0 Å². The molecule has 1 aromatic carbocycles. The number of ether oxygens (including phenoxy) is 1. The Labute approximate surface area is 155 Å². The van der Waals surface area contributed by atoms with Crippen LogP contribution < -0.4 is 10.1 Å². The first-order valence-corrected chi connectivity index (χ1v) is 9.50. The molecule has 0 aliphatic carbocycles. The molecule has 0 spiro atoms. The molecule has 2 heterocycles. The topological polar surface area (TPSA) is 61.9 Å². The molecule has 6 nitrogen and oxygen atoms in total. The van der Waals surface area contributed by atoms with E-state index < -0.39 is 0 Å². The Balaban J connectivity index is 1.41. The van der Waals surface area contributed by atoms with Crippen LogP contribution in [0.3, 0.4) is 0 Å². The minimum Gasteiger partial charge on any atom is -0.484 e. The lowest BCUT2D eigenvalue weighted by atomic mass is 10.0. The van der Waals surface area contributed by atoms with Crippen LogP contribution in [0.2, 0.25) is 0 Å². The van der Waals surface area contributed by atoms with Gasteiger partial charge < -0.3 is 15.0 Å². The van der Waals surface area contributed by atoms with E-state index in [-0.39, 0.29) is 24.5 Å². The van der Waals surface area contributed by atoms with E-state index in [1.54, 1.807) is 0 Å². The molecule has 2 fully saturated rings. The fourth-order valence-corrected chi connectivity index (χ4v) is 3.55. The van der Waals surface area contributed by atoms with Crippen LogP contribution in [0.5, 0.6) is 5.75 Å². The molecule has 26 heavy (non-hydrogen) atoms. The van der Waals surface area contributed by atoms with Crippen LogP contribution in [0, 0.1) is 0 Å². The van der Waals surface area contributed by atoms with Gasteiger partial charge >= 0.3 is 0 Å². The number of hydrogen-bond donors (Lipinski definition) is 1. The van der Waals surface area contributed by atoms with Crippen molar-refractivity contribution in [3.63, 3.8) is 0 Å². The maximum absolute atomic E-state index is 12.2. The first-order chi connectivity index (χ1) is 12.5. The van der Waals surface area contributed by atoms with Crippen molar-refractivity contribution in [2.45, 2.75) is 45.2 Å². The molecule has 0 aromatic heterocycles. The molecule has 2 aliphatic rings. The Kier molecular flexibility index (Phi) is 5.81. The highest BCUT2D eigenvalue weighted by molar-refractivity contribution is 5.83. The number of amides is 2. The normalized spacial score (nSPS) is 21.2. The van der Waals surface area contributed by atoms with Crippen molar-refractivity contribution in [2.24, 2.45) is 0 Å². The molecular weight excluding hydrogens is 330 g/mol. The molecular formula is C20H29N3O3. The van der Waals surface area contributed by atoms with Crippen LogP contribution in [0.1, 0.15) is 38.7 Å². The van der Waals surface area contributed by atoms with Crippen molar-refractivity contribution in [2.75, 3.05) is 32.8 Å². The average molecular weight is 359 g/mol. The van der Waals surface area contributed by atoms with E-state index in [0.717, 1.165) is 19.6 Å². The largest absolute Gasteiger partial charge is 0.484 e. The Morgan fingerprint density at radius 2 is 1.92 bits per heavy atom. The van der Waals surface area contributed by atoms with Crippen molar-refractivity contribution in [3.8, 4) is 5.75 Å². The van der Waals surface area contributed by atoms with Crippen LogP contribution in [0.4, 0.5) is 0 Å². The lowest BCUT2D eigenvalue weighted by Gasteiger charge is -2.43. The molecule has 3 rings (SSSR count). The lowest BCUT2D eigenvalue weighted by Crippen LogP contribution is -2.59. The van der Waals surface area contributed by atoms with E-state index in [1.807, 2.05) is 29.2 Å². The van der Waals surface area contributed by atoms with Gasteiger partial charge in [0.15, 0.2) is 6.61 Å². The Bertz CT molecular complexity index is 638. The molecule has 0 saturated carbocycles. The summed E-state index contributed by atoms with van der Waals surface area (Å²) in [6.45, 7) is 9.89. The molecule has 0 radical (unpaired) electrons. The first kappa shape index (κ1) is 18.7. The van der Waals surface area contributed by atoms with Gasteiger partial charge in [0.2, 0.25) is 5.91 Å². The zero-order valence-corrected chi connectivity index (χ0v) is 15.9. The second-order valence-corrected chi connectivity index (χ2v) is 7.53. The molecule has 142 valence electrons. The van der Waals surface area contributed by atoms with Gasteiger partial charge in [0.25, 0.3) is 5.91 Å². The standard InChI is InChI=1S/C20H29N3O3/c1-4-22-11-17(12-22)23-10-16(9-20(23)25)21-19(24)13-26-18-7-5-15(6-8-18)14(2)3/h5-8,14,16-17H,4,9-13H2,1-3H3,(H,21,24). The Morgan fingerprint density at radius 1 is 1.23 bits per heavy atom. The second-order valence-electron chi connectivity index (χ2n) is 7.53. The Morgan fingerprint density at radius 3 is 2.54 bits per heavy atom. The van der Waals surface area contributed by atoms with E-state index in [2.05, 4.69) is 31.0 Å². The van der Waals surface area contributed by atoms with Gasteiger partial charge in [0, 0.05) is 26.1 Å². The number of carbonyl (C=O) groups excluding carboxylic acids is 2. The van der Waals surface area contributed by atoms with E-state index in [4.69, 9.17) is 4.74 Å². The summed E-state index contributed by atoms with van der Waals surface area (Å²) in [7, 11) is 0. The predicted octanol–water partition coefficient (Wildman–Crippen LogP) is 1.61. The zero-order valence-electron chi connectivity index (χ0n) is 15.9. The third-order valence-corrected chi connectivity index (χ3v) is 5.27. The maximum atomic E-state index is 12.2. The van der Waals surface area contributed by atoms with Gasteiger partial charge in [-0.25, -0.2) is 0 Å². The summed E-state index contributed by atoms with van der Waals surface area (Å²) >= 11 is 0. The lowest BCUT2D eigenvalue weighted by molar-refractivity contribution is -0.132. The molecule has 2 amide bonds. The third-order valence-electron chi connectivity index (χ3n) is 5.27. The number of likely N-dealkylation sites (tertiary alicyclic amines) is 2. The van der Waals surface area contributed by atoms with Gasteiger partial charge in [-0.05, 0) is 30.2 Å². The van der Waals surface area contributed by atoms with E-state index in [0.29, 0.717) is 30.7 Å². The summed E-state index contributed by atoms with van der Waals surface area (Å²) in [4.78, 5) is 28.6. The van der Waals surface area contributed by atoms with Crippen LogP contribution in [0.15, 0.2) is 24.3 Å². The summed E-state index contributed by atoms with van der Waals surface area (Å²) in [5, 5.41) is 2.93. The second kappa shape index (κ2) is 8.08. The van der Waals surface area contributed by atoms with Gasteiger partial charge in [0.05, 0.1) is 12.1 Å². The first-order valence-electron chi connectivity index (χ1n) is 9.50. The van der Waals surface area contributed by atoms with Gasteiger partial charge in [-0.3, -0.25) is 14.5 Å². The van der Waals surface area contributed by atoms with E-state index in [9.17, 15) is 9.59 Å². The number of nitrogens with zero attached hydrogens (tertiary/aromatic N) is 2. The number of likely N-dealkylation sites (N-methyl/N-ethyl adjacent to an activating group) is 1. The summed E-state index contributed by atoms with van der Waals surface area (Å²) in [6, 6.07) is 8.00. The van der Waals surface area contributed by atoms with Gasteiger partial charge in [0.1, 0.15) is 5.75 Å². The number of rotatable bonds is 7. The van der Waals surface area contributed by atoms with Crippen LogP contribution >= 0.6 is 0 Å². The van der Waals surface area contributed by atoms with Crippen molar-refractivity contribution in [1.29, 1.82) is 0 Å². The van der Waals surface area contributed by atoms with Crippen molar-refractivity contribution in [1.82, 2.24) is 15.1 Å². The van der Waals surface area contributed by atoms with Crippen LogP contribution in [-0.4, -0.2) is 66.5 Å². The summed E-state index contributed by atoms with van der Waals surface area (Å²) in [5.41, 5.74) is 1.24. The smallest absolute Gasteiger partial charge is 0.258 e. The molecule has 1 atom stereocenters. The highest BCUT2D eigenvalue weighted by atomic mass is 16.5. The van der Waals surface area contributed by atoms with Crippen LogP contribution in [-0.2, 0) is 9.59 Å². The van der Waals surface area contributed by atoms with Crippen LogP contribution in [0.25, 0.3) is 0 Å². The summed E-state index contributed by atoms with van der Waals surface area (Å²) < 4.78 is 5.56. The summed E-state index contributed by atoms with van der Waals surface area (Å²) in [5.74, 6) is 1.11. The molecule has 2 aliphatic heterocycles. The van der Waals surface area contributed by atoms with Crippen molar-refractivity contribution >= 4 is 11.8 Å². The molecule has 1 N–H and O–H groups in total. The quantitative estimate of drug-likeness (QED) is 0.803. The zero-order chi connectivity index (χ0) is 18.7. The highest BCUT2D eigenvalue weighted by Gasteiger charge is 2.39. The highest BCUT2D eigenvalue weighted by Crippen LogP contribution is 2.21. The van der Waals surface area contributed by atoms with Crippen molar-refractivity contribution in [3.05, 3.63) is 29.8 Å². The number of nitrogens with one attached hydrogen (secondary N) is 1. The SMILES string of the molecule is CCN1CC(N2CC(NC(=O)COc3ccc(C(C)C)cc3)CC2=O)C1. The minimum atomic E-state index is -0.179. The Hall–Kier alpha value is -2.08. The molecule has 1 unspecified atom stereocenters. The molecule has 6 heteroatoms. The number of hydrogen-bond acceptors (Lipinski definition) is 4. The fourth-order valence-electron chi connectivity index (χ4n) is 3.55. The van der Waals surface area contributed by atoms with E-state index in [1.165, 1.54) is 5.56 Å². The number of benzene rings is 1. The fraction of sp³-hybridized carbons (Fsp3) is 0.600. The predicted molar refractivity (Wildman–Crippen MR) is 100 cm³/mol. The number of carbonyl (C=O) groups is 2. The molecule has 0 bridgehead atoms. The van der Waals surface area contributed by atoms with Gasteiger partial charge in [-0.15, -0.1) is 0 Å². The van der Waals surface area contributed by atoms with Gasteiger partial charge in [-0.1, -0.05) is 32.9 Å². The summed E-state index contributed by atoms with van der Waals surface area (Å²) in [6.07, 6.45) is 0.386. The third kappa shape index (κ3) is 4.36. The minimum absolute atomic E-state index is 0.0290. The molecule has 1 aromatic rings. The van der Waals surface area contributed by atoms with Gasteiger partial charge in [-0.2, -0.15) is 0 Å². The molecule has 2 saturated heterocycles. The average Bonchev–Trinajstić information content (AvgIpc) is 2.92. The van der Waals surface area contributed by atoms with Crippen molar-refractivity contribution < 1.29 is 14.3 Å².